The van der Waals surface area contributed by atoms with Crippen LogP contribution in [-0.4, -0.2) is 36.2 Å². The fourth-order valence-electron chi connectivity index (χ4n) is 3.74. The Labute approximate surface area is 173 Å². The van der Waals surface area contributed by atoms with Crippen LogP contribution in [0.3, 0.4) is 0 Å². The van der Waals surface area contributed by atoms with E-state index in [-0.39, 0.29) is 11.8 Å². The highest BCUT2D eigenvalue weighted by atomic mass is 35.5. The summed E-state index contributed by atoms with van der Waals surface area (Å²) in [5, 5.41) is 14.9. The first-order chi connectivity index (χ1) is 13.6. The minimum atomic E-state index is 0.0657. The number of hydrogen-bond donors (Lipinski definition) is 1. The smallest absolute Gasteiger partial charge is 0.222 e. The summed E-state index contributed by atoms with van der Waals surface area (Å²) in [6, 6.07) is 13.6. The van der Waals surface area contributed by atoms with Gasteiger partial charge in [0.1, 0.15) is 5.69 Å². The maximum absolute atomic E-state index is 11.9. The third-order valence-electron chi connectivity index (χ3n) is 5.27. The number of carbonyl (C=O) groups excluding carboxylic acids is 1. The number of carbonyl (C=O) groups is 1. The van der Waals surface area contributed by atoms with E-state index in [1.807, 2.05) is 30.3 Å². The van der Waals surface area contributed by atoms with Gasteiger partial charge in [0.05, 0.1) is 10.0 Å². The lowest BCUT2D eigenvalue weighted by Crippen LogP contribution is -2.40. The van der Waals surface area contributed by atoms with Crippen molar-refractivity contribution in [3.63, 3.8) is 0 Å². The third-order valence-corrected chi connectivity index (χ3v) is 6.01. The van der Waals surface area contributed by atoms with Crippen LogP contribution in [0.4, 0.5) is 5.82 Å². The molecule has 7 heteroatoms. The fraction of sp³-hybridized carbons (Fsp3) is 0.286. The molecule has 1 N–H and O–H groups in total. The van der Waals surface area contributed by atoms with E-state index in [0.29, 0.717) is 10.0 Å². The third kappa shape index (κ3) is 3.52. The summed E-state index contributed by atoms with van der Waals surface area (Å²) in [5.41, 5.74) is 1.65. The van der Waals surface area contributed by atoms with E-state index >= 15 is 0 Å². The molecule has 1 saturated heterocycles. The zero-order chi connectivity index (χ0) is 19.7. The molecule has 0 aliphatic carbocycles. The van der Waals surface area contributed by atoms with Crippen LogP contribution in [0.15, 0.2) is 42.5 Å². The van der Waals surface area contributed by atoms with Gasteiger partial charge in [-0.3, -0.25) is 4.79 Å². The molecular weight excluding hydrogens is 395 g/mol. The minimum Gasteiger partial charge on any atom is -0.359 e. The Balaban J connectivity index is 1.71. The molecular formula is C21H20Cl2N4O. The first kappa shape index (κ1) is 19.0. The number of halogens is 2. The van der Waals surface area contributed by atoms with Crippen molar-refractivity contribution in [1.29, 1.82) is 0 Å². The van der Waals surface area contributed by atoms with E-state index in [2.05, 4.69) is 26.5 Å². The van der Waals surface area contributed by atoms with Crippen molar-refractivity contribution in [2.24, 2.45) is 5.92 Å². The average Bonchev–Trinajstić information content (AvgIpc) is 2.74. The summed E-state index contributed by atoms with van der Waals surface area (Å²) in [7, 11) is 1.69. The lowest BCUT2D eigenvalue weighted by Gasteiger charge is -2.32. The molecule has 0 bridgehead atoms. The number of amides is 1. The molecule has 144 valence electrons. The van der Waals surface area contributed by atoms with Gasteiger partial charge in [0.2, 0.25) is 5.91 Å². The van der Waals surface area contributed by atoms with Crippen LogP contribution in [0.25, 0.3) is 22.0 Å². The van der Waals surface area contributed by atoms with Crippen LogP contribution in [0.5, 0.6) is 0 Å². The Morgan fingerprint density at radius 3 is 2.43 bits per heavy atom. The van der Waals surface area contributed by atoms with Crippen molar-refractivity contribution in [2.75, 3.05) is 25.0 Å². The van der Waals surface area contributed by atoms with Gasteiger partial charge in [0.15, 0.2) is 5.82 Å². The second kappa shape index (κ2) is 7.94. The molecule has 5 nitrogen and oxygen atoms in total. The van der Waals surface area contributed by atoms with Crippen molar-refractivity contribution in [3.05, 3.63) is 52.5 Å². The zero-order valence-electron chi connectivity index (χ0n) is 15.5. The van der Waals surface area contributed by atoms with Gasteiger partial charge in [-0.05, 0) is 25.0 Å². The van der Waals surface area contributed by atoms with Gasteiger partial charge < -0.3 is 10.2 Å². The summed E-state index contributed by atoms with van der Waals surface area (Å²) in [4.78, 5) is 14.1. The van der Waals surface area contributed by atoms with E-state index in [9.17, 15) is 4.79 Å². The number of hydrogen-bond acceptors (Lipinski definition) is 4. The van der Waals surface area contributed by atoms with Crippen LogP contribution >= 0.6 is 23.2 Å². The standard InChI is InChI=1S/C21H20Cl2N4O/c1-24-21(28)13-8-10-27(11-9-13)20-16-5-3-2-4-15(16)19(25-26-20)14-6-7-17(22)18(23)12-14/h2-7,12-13H,8-11H2,1H3,(H,24,28). The molecule has 3 aromatic rings. The lowest BCUT2D eigenvalue weighted by atomic mass is 9.95. The van der Waals surface area contributed by atoms with Gasteiger partial charge in [-0.15, -0.1) is 10.2 Å². The number of piperidine rings is 1. The molecule has 0 atom stereocenters. The van der Waals surface area contributed by atoms with Gasteiger partial charge in [-0.1, -0.05) is 53.5 Å². The Bertz CT molecular complexity index is 1030. The summed E-state index contributed by atoms with van der Waals surface area (Å²) >= 11 is 12.3. The van der Waals surface area contributed by atoms with E-state index in [1.165, 1.54) is 0 Å². The molecule has 4 rings (SSSR count). The Morgan fingerprint density at radius 1 is 1.04 bits per heavy atom. The SMILES string of the molecule is CNC(=O)C1CCN(c2nnc(-c3ccc(Cl)c(Cl)c3)c3ccccc23)CC1. The van der Waals surface area contributed by atoms with E-state index in [4.69, 9.17) is 23.2 Å². The van der Waals surface area contributed by atoms with Gasteiger partial charge in [0, 0.05) is 42.4 Å². The number of nitrogens with one attached hydrogen (secondary N) is 1. The topological polar surface area (TPSA) is 58.1 Å². The molecule has 0 saturated carbocycles. The van der Waals surface area contributed by atoms with Crippen LogP contribution in [0.1, 0.15) is 12.8 Å². The zero-order valence-corrected chi connectivity index (χ0v) is 17.0. The summed E-state index contributed by atoms with van der Waals surface area (Å²) in [5.74, 6) is 1.04. The molecule has 1 aliphatic rings. The predicted octanol–water partition coefficient (Wildman–Crippen LogP) is 4.57. The molecule has 1 amide bonds. The molecule has 0 spiro atoms. The number of benzene rings is 2. The number of aromatic nitrogens is 2. The molecule has 1 aliphatic heterocycles. The second-order valence-corrected chi connectivity index (χ2v) is 7.74. The van der Waals surface area contributed by atoms with Gasteiger partial charge in [-0.25, -0.2) is 0 Å². The maximum atomic E-state index is 11.9. The van der Waals surface area contributed by atoms with E-state index in [0.717, 1.165) is 53.8 Å². The van der Waals surface area contributed by atoms with Gasteiger partial charge >= 0.3 is 0 Å². The molecule has 2 heterocycles. The van der Waals surface area contributed by atoms with Crippen LogP contribution in [0.2, 0.25) is 10.0 Å². The highest BCUT2D eigenvalue weighted by molar-refractivity contribution is 6.42. The Morgan fingerprint density at radius 2 is 1.75 bits per heavy atom. The monoisotopic (exact) mass is 414 g/mol. The van der Waals surface area contributed by atoms with Crippen molar-refractivity contribution < 1.29 is 4.79 Å². The fourth-order valence-corrected chi connectivity index (χ4v) is 4.04. The van der Waals surface area contributed by atoms with Gasteiger partial charge in [0.25, 0.3) is 0 Å². The van der Waals surface area contributed by atoms with Crippen molar-refractivity contribution >= 4 is 45.7 Å². The Kier molecular flexibility index (Phi) is 5.38. The van der Waals surface area contributed by atoms with Gasteiger partial charge in [-0.2, -0.15) is 0 Å². The molecule has 2 aromatic carbocycles. The normalized spacial score (nSPS) is 15.0. The number of fused-ring (bicyclic) bond motifs is 1. The van der Waals surface area contributed by atoms with Crippen LogP contribution < -0.4 is 10.2 Å². The predicted molar refractivity (Wildman–Crippen MR) is 114 cm³/mol. The van der Waals surface area contributed by atoms with Crippen LogP contribution in [0, 0.1) is 5.92 Å². The number of anilines is 1. The van der Waals surface area contributed by atoms with E-state index < -0.39 is 0 Å². The lowest BCUT2D eigenvalue weighted by molar-refractivity contribution is -0.125. The highest BCUT2D eigenvalue weighted by Gasteiger charge is 2.26. The molecule has 28 heavy (non-hydrogen) atoms. The minimum absolute atomic E-state index is 0.0657. The quantitative estimate of drug-likeness (QED) is 0.681. The molecule has 0 unspecified atom stereocenters. The largest absolute Gasteiger partial charge is 0.359 e. The molecule has 1 fully saturated rings. The summed E-state index contributed by atoms with van der Waals surface area (Å²) < 4.78 is 0. The van der Waals surface area contributed by atoms with Crippen LogP contribution in [-0.2, 0) is 4.79 Å². The van der Waals surface area contributed by atoms with E-state index in [1.54, 1.807) is 13.1 Å². The first-order valence-corrected chi connectivity index (χ1v) is 10.0. The number of rotatable bonds is 3. The molecule has 1 aromatic heterocycles. The van der Waals surface area contributed by atoms with Crippen molar-refractivity contribution in [3.8, 4) is 11.3 Å². The summed E-state index contributed by atoms with van der Waals surface area (Å²) in [6.45, 7) is 1.56. The summed E-state index contributed by atoms with van der Waals surface area (Å²) in [6.07, 6.45) is 1.62. The number of nitrogens with zero attached hydrogens (tertiary/aromatic N) is 3. The average molecular weight is 415 g/mol. The maximum Gasteiger partial charge on any atom is 0.222 e. The Hall–Kier alpha value is -2.37. The highest BCUT2D eigenvalue weighted by Crippen LogP contribution is 2.35. The second-order valence-electron chi connectivity index (χ2n) is 6.92. The van der Waals surface area contributed by atoms with Crippen molar-refractivity contribution in [2.45, 2.75) is 12.8 Å². The molecule has 0 radical (unpaired) electrons. The van der Waals surface area contributed by atoms with Crippen molar-refractivity contribution in [1.82, 2.24) is 15.5 Å². The first-order valence-electron chi connectivity index (χ1n) is 9.26.